The Labute approximate surface area is 123 Å². The first kappa shape index (κ1) is 15.7. The fourth-order valence-electron chi connectivity index (χ4n) is 2.92. The quantitative estimate of drug-likeness (QED) is 0.334. The van der Waals surface area contributed by atoms with E-state index in [1.165, 1.54) is 6.07 Å². The van der Waals surface area contributed by atoms with Gasteiger partial charge in [0.25, 0.3) is 0 Å². The van der Waals surface area contributed by atoms with Crippen molar-refractivity contribution in [3.05, 3.63) is 35.1 Å². The highest BCUT2D eigenvalue weighted by Gasteiger charge is 2.23. The average molecular weight is 295 g/mol. The van der Waals surface area contributed by atoms with E-state index in [2.05, 4.69) is 10.1 Å². The van der Waals surface area contributed by atoms with Gasteiger partial charge in [-0.3, -0.25) is 4.90 Å². The van der Waals surface area contributed by atoms with Crippen molar-refractivity contribution in [3.8, 4) is 0 Å². The van der Waals surface area contributed by atoms with E-state index in [0.717, 1.165) is 25.8 Å². The van der Waals surface area contributed by atoms with Crippen LogP contribution >= 0.6 is 0 Å². The number of hydrogen-bond acceptors (Lipinski definition) is 4. The summed E-state index contributed by atoms with van der Waals surface area (Å²) >= 11 is 0. The molecule has 21 heavy (non-hydrogen) atoms. The topological polar surface area (TPSA) is 82.1 Å². The van der Waals surface area contributed by atoms with Crippen molar-refractivity contribution in [2.45, 2.75) is 38.3 Å². The monoisotopic (exact) mass is 295 g/mol. The minimum Gasteiger partial charge on any atom is -0.409 e. The molecule has 0 aromatic heterocycles. The first-order chi connectivity index (χ1) is 10.2. The lowest BCUT2D eigenvalue weighted by Crippen LogP contribution is -2.39. The highest BCUT2D eigenvalue weighted by Crippen LogP contribution is 2.23. The number of rotatable bonds is 5. The number of hydrogen-bond donors (Lipinski definition) is 3. The number of nitrogens with two attached hydrogens (primary N) is 1. The van der Waals surface area contributed by atoms with Crippen molar-refractivity contribution < 1.29 is 14.7 Å². The van der Waals surface area contributed by atoms with Gasteiger partial charge in [-0.25, -0.2) is 4.39 Å². The second-order valence-electron chi connectivity index (χ2n) is 5.40. The van der Waals surface area contributed by atoms with Gasteiger partial charge in [0.05, 0.1) is 5.56 Å². The number of likely N-dealkylation sites (tertiary alicyclic amines) is 1. The molecule has 1 aliphatic rings. The lowest BCUT2D eigenvalue weighted by Gasteiger charge is -2.35. The zero-order valence-corrected chi connectivity index (χ0v) is 12.0. The number of aliphatic hydroxyl groups is 1. The SMILES string of the molecule is N/C(=N/O)c1cccc(CN2CCCCC2CCO)c1F. The van der Waals surface area contributed by atoms with Gasteiger partial charge in [0.15, 0.2) is 5.84 Å². The Kier molecular flexibility index (Phi) is 5.52. The van der Waals surface area contributed by atoms with Crippen molar-refractivity contribution in [1.82, 2.24) is 4.90 Å². The molecule has 1 heterocycles. The second-order valence-corrected chi connectivity index (χ2v) is 5.40. The van der Waals surface area contributed by atoms with E-state index in [4.69, 9.17) is 16.0 Å². The Bertz CT molecular complexity index is 506. The van der Waals surface area contributed by atoms with Crippen LogP contribution in [0.25, 0.3) is 0 Å². The summed E-state index contributed by atoms with van der Waals surface area (Å²) in [5.41, 5.74) is 6.13. The second kappa shape index (κ2) is 7.38. The van der Waals surface area contributed by atoms with Crippen molar-refractivity contribution in [3.63, 3.8) is 0 Å². The number of piperidine rings is 1. The Balaban J connectivity index is 2.18. The van der Waals surface area contributed by atoms with Gasteiger partial charge in [-0.15, -0.1) is 0 Å². The van der Waals surface area contributed by atoms with Crippen LogP contribution in [0, 0.1) is 5.82 Å². The van der Waals surface area contributed by atoms with Gasteiger partial charge in [-0.2, -0.15) is 0 Å². The number of aliphatic hydroxyl groups excluding tert-OH is 1. The van der Waals surface area contributed by atoms with Gasteiger partial charge >= 0.3 is 0 Å². The van der Waals surface area contributed by atoms with Crippen LogP contribution in [0.15, 0.2) is 23.4 Å². The number of amidine groups is 1. The third-order valence-electron chi connectivity index (χ3n) is 4.05. The lowest BCUT2D eigenvalue weighted by atomic mass is 9.98. The first-order valence-electron chi connectivity index (χ1n) is 7.27. The van der Waals surface area contributed by atoms with E-state index in [-0.39, 0.29) is 24.0 Å². The smallest absolute Gasteiger partial charge is 0.173 e. The predicted molar refractivity (Wildman–Crippen MR) is 78.7 cm³/mol. The van der Waals surface area contributed by atoms with Gasteiger partial charge in [0, 0.05) is 24.8 Å². The molecular formula is C15H22FN3O2. The number of oxime groups is 1. The molecule has 0 saturated carbocycles. The minimum atomic E-state index is -0.443. The fraction of sp³-hybridized carbons (Fsp3) is 0.533. The van der Waals surface area contributed by atoms with Gasteiger partial charge in [0.1, 0.15) is 5.82 Å². The van der Waals surface area contributed by atoms with Crippen molar-refractivity contribution >= 4 is 5.84 Å². The molecule has 4 N–H and O–H groups in total. The maximum absolute atomic E-state index is 14.4. The van der Waals surface area contributed by atoms with Crippen molar-refractivity contribution in [2.24, 2.45) is 10.9 Å². The maximum atomic E-state index is 14.4. The molecule has 116 valence electrons. The molecule has 6 heteroatoms. The molecule has 1 unspecified atom stereocenters. The van der Waals surface area contributed by atoms with Crippen molar-refractivity contribution in [1.29, 1.82) is 0 Å². The predicted octanol–water partition coefficient (Wildman–Crippen LogP) is 1.66. The fourth-order valence-corrected chi connectivity index (χ4v) is 2.92. The molecule has 0 amide bonds. The summed E-state index contributed by atoms with van der Waals surface area (Å²) in [4.78, 5) is 2.20. The molecule has 1 aromatic carbocycles. The maximum Gasteiger partial charge on any atom is 0.173 e. The molecule has 2 rings (SSSR count). The summed E-state index contributed by atoms with van der Waals surface area (Å²) in [6.45, 7) is 1.52. The van der Waals surface area contributed by atoms with Crippen LogP contribution in [0.5, 0.6) is 0 Å². The molecule has 0 radical (unpaired) electrons. The Morgan fingerprint density at radius 2 is 2.24 bits per heavy atom. The zero-order valence-electron chi connectivity index (χ0n) is 12.0. The Morgan fingerprint density at radius 3 is 2.95 bits per heavy atom. The highest BCUT2D eigenvalue weighted by molar-refractivity contribution is 5.97. The molecule has 1 saturated heterocycles. The average Bonchev–Trinajstić information content (AvgIpc) is 2.51. The van der Waals surface area contributed by atoms with Crippen LogP contribution < -0.4 is 5.73 Å². The van der Waals surface area contributed by atoms with Crippen LogP contribution in [-0.2, 0) is 6.54 Å². The third-order valence-corrected chi connectivity index (χ3v) is 4.05. The summed E-state index contributed by atoms with van der Waals surface area (Å²) in [5, 5.41) is 20.7. The molecule has 1 aliphatic heterocycles. The molecule has 1 atom stereocenters. The number of benzene rings is 1. The van der Waals surface area contributed by atoms with Gasteiger partial charge < -0.3 is 16.0 Å². The van der Waals surface area contributed by atoms with Crippen LogP contribution in [0.4, 0.5) is 4.39 Å². The third kappa shape index (κ3) is 3.71. The van der Waals surface area contributed by atoms with Crippen LogP contribution in [0.3, 0.4) is 0 Å². The Hall–Kier alpha value is -1.66. The first-order valence-corrected chi connectivity index (χ1v) is 7.27. The summed E-state index contributed by atoms with van der Waals surface area (Å²) in [5.74, 6) is -0.666. The molecule has 5 nitrogen and oxygen atoms in total. The summed E-state index contributed by atoms with van der Waals surface area (Å²) in [6, 6.07) is 5.20. The normalized spacial score (nSPS) is 20.7. The van der Waals surface area contributed by atoms with Crippen LogP contribution in [-0.4, -0.2) is 40.2 Å². The molecule has 0 spiro atoms. The number of halogens is 1. The van der Waals surface area contributed by atoms with Crippen LogP contribution in [0.2, 0.25) is 0 Å². The summed E-state index contributed by atoms with van der Waals surface area (Å²) < 4.78 is 14.4. The van der Waals surface area contributed by atoms with Crippen molar-refractivity contribution in [2.75, 3.05) is 13.2 Å². The van der Waals surface area contributed by atoms with E-state index < -0.39 is 5.82 Å². The standard InChI is InChI=1S/C15H22FN3O2/c16-14-11(4-3-6-13(14)15(17)18-21)10-19-8-2-1-5-12(19)7-9-20/h3-4,6,12,20-21H,1-2,5,7-10H2,(H2,17,18). The lowest BCUT2D eigenvalue weighted by molar-refractivity contribution is 0.111. The largest absolute Gasteiger partial charge is 0.409 e. The molecule has 1 aromatic rings. The van der Waals surface area contributed by atoms with Gasteiger partial charge in [-0.05, 0) is 31.9 Å². The van der Waals surface area contributed by atoms with Gasteiger partial charge in [0.2, 0.25) is 0 Å². The highest BCUT2D eigenvalue weighted by atomic mass is 19.1. The number of nitrogens with zero attached hydrogens (tertiary/aromatic N) is 2. The molecule has 0 aliphatic carbocycles. The molecular weight excluding hydrogens is 273 g/mol. The van der Waals surface area contributed by atoms with E-state index in [9.17, 15) is 4.39 Å². The summed E-state index contributed by atoms with van der Waals surface area (Å²) in [7, 11) is 0. The Morgan fingerprint density at radius 1 is 1.43 bits per heavy atom. The van der Waals surface area contributed by atoms with Gasteiger partial charge in [-0.1, -0.05) is 23.7 Å². The van der Waals surface area contributed by atoms with E-state index in [1.807, 2.05) is 0 Å². The van der Waals surface area contributed by atoms with E-state index in [1.54, 1.807) is 12.1 Å². The minimum absolute atomic E-state index is 0.116. The van der Waals surface area contributed by atoms with E-state index >= 15 is 0 Å². The summed E-state index contributed by atoms with van der Waals surface area (Å²) in [6.07, 6.45) is 3.97. The zero-order chi connectivity index (χ0) is 15.2. The molecule has 1 fully saturated rings. The van der Waals surface area contributed by atoms with Crippen LogP contribution in [0.1, 0.15) is 36.8 Å². The molecule has 0 bridgehead atoms. The van der Waals surface area contributed by atoms with E-state index in [0.29, 0.717) is 18.5 Å².